The van der Waals surface area contributed by atoms with Gasteiger partial charge in [0.1, 0.15) is 0 Å². The van der Waals surface area contributed by atoms with Gasteiger partial charge in [-0.1, -0.05) is 13.8 Å². The molecule has 0 aromatic carbocycles. The van der Waals surface area contributed by atoms with Gasteiger partial charge in [-0.15, -0.1) is 0 Å². The lowest BCUT2D eigenvalue weighted by Crippen LogP contribution is -2.18. The van der Waals surface area contributed by atoms with Crippen LogP contribution in [-0.4, -0.2) is 21.7 Å². The first-order valence-corrected chi connectivity index (χ1v) is 4.71. The lowest BCUT2D eigenvalue weighted by molar-refractivity contribution is 0.249. The molecule has 60 valence electrons. The second kappa shape index (κ2) is 2.05. The van der Waals surface area contributed by atoms with E-state index in [-0.39, 0.29) is 12.5 Å². The Balaban J connectivity index is 2.80. The summed E-state index contributed by atoms with van der Waals surface area (Å²) in [6.45, 7) is 3.67. The van der Waals surface area contributed by atoms with Gasteiger partial charge in [-0.25, -0.2) is 0 Å². The number of epoxide rings is 1. The molecule has 0 radical (unpaired) electrons. The Morgan fingerprint density at radius 2 is 2.00 bits per heavy atom. The van der Waals surface area contributed by atoms with Crippen LogP contribution in [0, 0.1) is 5.92 Å². The molecule has 1 heterocycles. The summed E-state index contributed by atoms with van der Waals surface area (Å²) >= 11 is 0. The summed E-state index contributed by atoms with van der Waals surface area (Å²) in [5.74, 6) is -0.117. The zero-order valence-corrected chi connectivity index (χ0v) is 6.84. The molecule has 1 aliphatic heterocycles. The Kier molecular flexibility index (Phi) is 1.68. The van der Waals surface area contributed by atoms with E-state index in [1.807, 2.05) is 0 Å². The highest BCUT2D eigenvalue weighted by Crippen LogP contribution is 2.62. The molecule has 0 bridgehead atoms. The lowest BCUT2D eigenvalue weighted by atomic mass is 10.1. The Morgan fingerprint density at radius 1 is 1.60 bits per heavy atom. The summed E-state index contributed by atoms with van der Waals surface area (Å²) in [6, 6.07) is 0. The smallest absolute Gasteiger partial charge is 0.356 e. The van der Waals surface area contributed by atoms with Gasteiger partial charge in [0.2, 0.25) is 0 Å². The number of ether oxygens (including phenoxy) is 1. The Hall–Kier alpha value is 0.110. The van der Waals surface area contributed by atoms with Crippen LogP contribution in [0.3, 0.4) is 0 Å². The maximum Gasteiger partial charge on any atom is 0.359 e. The third-order valence-electron chi connectivity index (χ3n) is 1.84. The fourth-order valence-corrected chi connectivity index (χ4v) is 1.99. The van der Waals surface area contributed by atoms with Crippen LogP contribution in [0.25, 0.3) is 0 Å². The van der Waals surface area contributed by atoms with E-state index in [9.17, 15) is 4.57 Å². The summed E-state index contributed by atoms with van der Waals surface area (Å²) < 4.78 is 15.5. The van der Waals surface area contributed by atoms with E-state index >= 15 is 0 Å². The van der Waals surface area contributed by atoms with Crippen LogP contribution in [0.15, 0.2) is 0 Å². The van der Waals surface area contributed by atoms with Crippen molar-refractivity contribution >= 4 is 7.60 Å². The molecule has 0 saturated carbocycles. The van der Waals surface area contributed by atoms with Gasteiger partial charge < -0.3 is 14.5 Å². The summed E-state index contributed by atoms with van der Waals surface area (Å²) in [5.41, 5.74) is 0. The van der Waals surface area contributed by atoms with Crippen molar-refractivity contribution in [3.8, 4) is 0 Å². The van der Waals surface area contributed by atoms with Crippen molar-refractivity contribution in [1.82, 2.24) is 0 Å². The molecule has 0 amide bonds. The largest absolute Gasteiger partial charge is 0.359 e. The Bertz CT molecular complexity index is 178. The monoisotopic (exact) mass is 166 g/mol. The van der Waals surface area contributed by atoms with Crippen molar-refractivity contribution in [1.29, 1.82) is 0 Å². The van der Waals surface area contributed by atoms with E-state index in [2.05, 4.69) is 0 Å². The van der Waals surface area contributed by atoms with E-state index < -0.39 is 12.9 Å². The first-order chi connectivity index (χ1) is 4.40. The highest BCUT2D eigenvalue weighted by molar-refractivity contribution is 7.53. The lowest BCUT2D eigenvalue weighted by Gasteiger charge is -2.16. The number of hydrogen-bond donors (Lipinski definition) is 2. The highest BCUT2D eigenvalue weighted by atomic mass is 31.2. The average molecular weight is 166 g/mol. The molecule has 0 aromatic heterocycles. The van der Waals surface area contributed by atoms with Crippen LogP contribution < -0.4 is 0 Å². The van der Waals surface area contributed by atoms with Gasteiger partial charge in [-0.2, -0.15) is 0 Å². The standard InChI is InChI=1S/C5H11O4P/c1-4(2)5(3-9-5)10(6,7)8/h4H,3H2,1-2H3,(H2,6,7,8). The van der Waals surface area contributed by atoms with Crippen LogP contribution in [0.1, 0.15) is 13.8 Å². The molecule has 5 heteroatoms. The quantitative estimate of drug-likeness (QED) is 0.464. The van der Waals surface area contributed by atoms with Gasteiger partial charge in [-0.05, 0) is 5.92 Å². The number of hydrogen-bond acceptors (Lipinski definition) is 2. The fourth-order valence-electron chi connectivity index (χ4n) is 0.912. The van der Waals surface area contributed by atoms with Crippen LogP contribution >= 0.6 is 7.60 Å². The van der Waals surface area contributed by atoms with E-state index in [1.54, 1.807) is 13.8 Å². The molecule has 4 nitrogen and oxygen atoms in total. The van der Waals surface area contributed by atoms with Crippen LogP contribution in [-0.2, 0) is 9.30 Å². The van der Waals surface area contributed by atoms with Gasteiger partial charge in [0.15, 0.2) is 5.34 Å². The van der Waals surface area contributed by atoms with Crippen molar-refractivity contribution in [2.45, 2.75) is 19.2 Å². The zero-order valence-electron chi connectivity index (χ0n) is 5.94. The van der Waals surface area contributed by atoms with Gasteiger partial charge in [0.05, 0.1) is 6.61 Å². The maximum atomic E-state index is 10.7. The van der Waals surface area contributed by atoms with Crippen LogP contribution in [0.4, 0.5) is 0 Å². The van der Waals surface area contributed by atoms with Crippen molar-refractivity contribution in [3.63, 3.8) is 0 Å². The second-order valence-corrected chi connectivity index (χ2v) is 4.68. The minimum absolute atomic E-state index is 0.117. The third kappa shape index (κ3) is 1.01. The molecule has 1 unspecified atom stereocenters. The molecule has 1 atom stereocenters. The predicted octanol–water partition coefficient (Wildman–Crippen LogP) is 0.547. The first-order valence-electron chi connectivity index (χ1n) is 3.10. The average Bonchev–Trinajstić information content (AvgIpc) is 2.36. The number of rotatable bonds is 2. The maximum absolute atomic E-state index is 10.7. The van der Waals surface area contributed by atoms with Crippen molar-refractivity contribution in [2.75, 3.05) is 6.61 Å². The normalized spacial score (nSPS) is 32.9. The molecular weight excluding hydrogens is 155 g/mol. The molecule has 10 heavy (non-hydrogen) atoms. The molecule has 2 N–H and O–H groups in total. The van der Waals surface area contributed by atoms with E-state index in [0.29, 0.717) is 0 Å². The molecule has 1 saturated heterocycles. The molecule has 1 rings (SSSR count). The third-order valence-corrected chi connectivity index (χ3v) is 3.60. The van der Waals surface area contributed by atoms with E-state index in [0.717, 1.165) is 0 Å². The molecule has 1 aliphatic rings. The molecular formula is C5H11O4P. The van der Waals surface area contributed by atoms with Crippen molar-refractivity contribution in [3.05, 3.63) is 0 Å². The summed E-state index contributed by atoms with van der Waals surface area (Å²) in [5, 5.41) is -1.15. The molecule has 0 spiro atoms. The summed E-state index contributed by atoms with van der Waals surface area (Å²) in [6.07, 6.45) is 0. The van der Waals surface area contributed by atoms with Gasteiger partial charge in [0.25, 0.3) is 0 Å². The van der Waals surface area contributed by atoms with Crippen molar-refractivity contribution in [2.24, 2.45) is 5.92 Å². The Labute approximate surface area is 59.4 Å². The Morgan fingerprint density at radius 3 is 2.00 bits per heavy atom. The summed E-state index contributed by atoms with van der Waals surface area (Å²) in [4.78, 5) is 17.5. The highest BCUT2D eigenvalue weighted by Gasteiger charge is 2.61. The molecule has 0 aliphatic carbocycles. The van der Waals surface area contributed by atoms with Gasteiger partial charge in [-0.3, -0.25) is 4.57 Å². The van der Waals surface area contributed by atoms with Crippen LogP contribution in [0.2, 0.25) is 0 Å². The minimum atomic E-state index is -4.04. The summed E-state index contributed by atoms with van der Waals surface area (Å²) in [7, 11) is -4.04. The first kappa shape index (κ1) is 8.21. The zero-order chi connectivity index (χ0) is 7.99. The fraction of sp³-hybridized carbons (Fsp3) is 1.00. The minimum Gasteiger partial charge on any atom is -0.356 e. The SMILES string of the molecule is CC(C)C1(P(=O)(O)O)CO1. The predicted molar refractivity (Wildman–Crippen MR) is 35.6 cm³/mol. The van der Waals surface area contributed by atoms with E-state index in [4.69, 9.17) is 14.5 Å². The second-order valence-electron chi connectivity index (χ2n) is 2.83. The van der Waals surface area contributed by atoms with Crippen LogP contribution in [0.5, 0.6) is 0 Å². The van der Waals surface area contributed by atoms with E-state index in [1.165, 1.54) is 0 Å². The van der Waals surface area contributed by atoms with Gasteiger partial charge in [0, 0.05) is 0 Å². The van der Waals surface area contributed by atoms with Crippen molar-refractivity contribution < 1.29 is 19.1 Å². The molecule has 1 fully saturated rings. The molecule has 0 aromatic rings. The van der Waals surface area contributed by atoms with Gasteiger partial charge >= 0.3 is 7.60 Å². The topological polar surface area (TPSA) is 70.1 Å².